The minimum atomic E-state index is -3.70. The van der Waals surface area contributed by atoms with Crippen LogP contribution >= 0.6 is 11.3 Å². The van der Waals surface area contributed by atoms with Crippen LogP contribution in [0.25, 0.3) is 0 Å². The van der Waals surface area contributed by atoms with Crippen molar-refractivity contribution in [3.63, 3.8) is 0 Å². The van der Waals surface area contributed by atoms with Crippen LogP contribution in [-0.4, -0.2) is 43.4 Å². The predicted octanol–water partition coefficient (Wildman–Crippen LogP) is 1.62. The van der Waals surface area contributed by atoms with Gasteiger partial charge in [-0.15, -0.1) is 11.3 Å². The first kappa shape index (κ1) is 17.8. The lowest BCUT2D eigenvalue weighted by Crippen LogP contribution is -2.28. The Bertz CT molecular complexity index is 954. The number of benzene rings is 1. The smallest absolute Gasteiger partial charge is 0.279 e. The van der Waals surface area contributed by atoms with E-state index >= 15 is 0 Å². The second kappa shape index (κ2) is 7.11. The van der Waals surface area contributed by atoms with Gasteiger partial charge in [-0.2, -0.15) is 9.30 Å². The van der Waals surface area contributed by atoms with Crippen LogP contribution in [0.1, 0.15) is 23.2 Å². The second-order valence-electron chi connectivity index (χ2n) is 5.69. The molecule has 0 bridgehead atoms. The maximum atomic E-state index is 12.9. The fourth-order valence-corrected chi connectivity index (χ4v) is 5.09. The molecule has 2 heterocycles. The second-order valence-corrected chi connectivity index (χ2v) is 8.47. The molecule has 0 N–H and O–H groups in total. The van der Waals surface area contributed by atoms with E-state index in [-0.39, 0.29) is 16.2 Å². The van der Waals surface area contributed by atoms with Gasteiger partial charge in [0.1, 0.15) is 10.6 Å². The van der Waals surface area contributed by atoms with Gasteiger partial charge in [-0.05, 0) is 31.0 Å². The Kier molecular flexibility index (Phi) is 5.07. The molecule has 1 amide bonds. The van der Waals surface area contributed by atoms with Gasteiger partial charge in [-0.3, -0.25) is 4.79 Å². The Morgan fingerprint density at radius 1 is 1.28 bits per heavy atom. The molecule has 0 aliphatic carbocycles. The Labute approximate surface area is 150 Å². The van der Waals surface area contributed by atoms with E-state index < -0.39 is 15.9 Å². The number of nitrogens with zero attached hydrogens (tertiary/aromatic N) is 3. The van der Waals surface area contributed by atoms with Crippen molar-refractivity contribution >= 4 is 27.3 Å². The van der Waals surface area contributed by atoms with Crippen LogP contribution < -0.4 is 9.54 Å². The topological polar surface area (TPSA) is 81.0 Å². The molecule has 0 spiro atoms. The van der Waals surface area contributed by atoms with Crippen molar-refractivity contribution in [2.45, 2.75) is 17.7 Å². The van der Waals surface area contributed by atoms with E-state index in [2.05, 4.69) is 4.99 Å². The monoisotopic (exact) mass is 381 g/mol. The number of hydrogen-bond donors (Lipinski definition) is 0. The molecule has 0 radical (unpaired) electrons. The third-order valence-electron chi connectivity index (χ3n) is 4.05. The number of carbonyl (C=O) groups excluding carboxylic acids is 1. The van der Waals surface area contributed by atoms with Crippen molar-refractivity contribution in [2.24, 2.45) is 12.0 Å². The summed E-state index contributed by atoms with van der Waals surface area (Å²) in [6, 6.07) is 4.38. The molecule has 3 rings (SSSR count). The third kappa shape index (κ3) is 3.53. The van der Waals surface area contributed by atoms with Crippen LogP contribution in [0.15, 0.2) is 39.7 Å². The average molecular weight is 381 g/mol. The number of ether oxygens (including phenoxy) is 1. The molecular weight excluding hydrogens is 362 g/mol. The van der Waals surface area contributed by atoms with E-state index in [1.165, 1.54) is 41.0 Å². The molecule has 1 aliphatic heterocycles. The molecular formula is C16H19N3O4S2. The van der Waals surface area contributed by atoms with Crippen LogP contribution in [0.5, 0.6) is 5.75 Å². The summed E-state index contributed by atoms with van der Waals surface area (Å²) in [6.07, 6.45) is 3.48. The molecule has 9 heteroatoms. The summed E-state index contributed by atoms with van der Waals surface area (Å²) in [5.41, 5.74) is 0.215. The fourth-order valence-electron chi connectivity index (χ4n) is 2.66. The predicted molar refractivity (Wildman–Crippen MR) is 94.2 cm³/mol. The van der Waals surface area contributed by atoms with Crippen LogP contribution in [0.3, 0.4) is 0 Å². The summed E-state index contributed by atoms with van der Waals surface area (Å²) in [5, 5.41) is 1.82. The summed E-state index contributed by atoms with van der Waals surface area (Å²) in [6.45, 7) is 0.970. The number of aromatic nitrogens is 1. The van der Waals surface area contributed by atoms with Gasteiger partial charge in [0.25, 0.3) is 5.91 Å². The summed E-state index contributed by atoms with van der Waals surface area (Å²) < 4.78 is 34.1. The lowest BCUT2D eigenvalue weighted by atomic mass is 10.2. The van der Waals surface area contributed by atoms with E-state index in [4.69, 9.17) is 4.74 Å². The zero-order valence-corrected chi connectivity index (χ0v) is 15.6. The van der Waals surface area contributed by atoms with Gasteiger partial charge in [0.15, 0.2) is 4.80 Å². The highest BCUT2D eigenvalue weighted by molar-refractivity contribution is 7.89. The summed E-state index contributed by atoms with van der Waals surface area (Å²) in [4.78, 5) is 17.1. The molecule has 7 nitrogen and oxygen atoms in total. The van der Waals surface area contributed by atoms with Crippen molar-refractivity contribution in [2.75, 3.05) is 20.2 Å². The van der Waals surface area contributed by atoms with E-state index in [0.29, 0.717) is 17.9 Å². The molecule has 0 unspecified atom stereocenters. The number of rotatable bonds is 4. The lowest BCUT2D eigenvalue weighted by Gasteiger charge is -2.18. The molecule has 134 valence electrons. The van der Waals surface area contributed by atoms with Crippen LogP contribution in [0.4, 0.5) is 0 Å². The Balaban J connectivity index is 2.04. The van der Waals surface area contributed by atoms with Crippen molar-refractivity contribution < 1.29 is 17.9 Å². The molecule has 1 aromatic carbocycles. The molecule has 2 aromatic rings. The van der Waals surface area contributed by atoms with Gasteiger partial charge in [-0.25, -0.2) is 8.42 Å². The maximum Gasteiger partial charge on any atom is 0.279 e. The van der Waals surface area contributed by atoms with E-state index in [1.807, 2.05) is 5.38 Å². The van der Waals surface area contributed by atoms with Crippen molar-refractivity contribution in [1.82, 2.24) is 8.87 Å². The number of methoxy groups -OCH3 is 1. The first-order chi connectivity index (χ1) is 11.9. The number of aryl methyl sites for hydroxylation is 1. The van der Waals surface area contributed by atoms with Gasteiger partial charge >= 0.3 is 0 Å². The Morgan fingerprint density at radius 2 is 2.00 bits per heavy atom. The summed E-state index contributed by atoms with van der Waals surface area (Å²) in [7, 11) is -0.492. The number of thiazole rings is 1. The summed E-state index contributed by atoms with van der Waals surface area (Å²) in [5.74, 6) is -0.260. The molecule has 0 saturated carbocycles. The highest BCUT2D eigenvalue weighted by Crippen LogP contribution is 2.30. The number of sulfonamides is 1. The highest BCUT2D eigenvalue weighted by atomic mass is 32.2. The van der Waals surface area contributed by atoms with Crippen LogP contribution in [0.2, 0.25) is 0 Å². The van der Waals surface area contributed by atoms with E-state index in [0.717, 1.165) is 12.8 Å². The molecule has 25 heavy (non-hydrogen) atoms. The first-order valence-corrected chi connectivity index (χ1v) is 10.1. The lowest BCUT2D eigenvalue weighted by molar-refractivity contribution is 0.0997. The first-order valence-electron chi connectivity index (χ1n) is 7.81. The number of amides is 1. The molecule has 0 atom stereocenters. The number of carbonyl (C=O) groups is 1. The molecule has 1 aromatic heterocycles. The van der Waals surface area contributed by atoms with E-state index in [9.17, 15) is 13.2 Å². The normalized spacial score (nSPS) is 16.3. The van der Waals surface area contributed by atoms with Gasteiger partial charge < -0.3 is 9.30 Å². The Morgan fingerprint density at radius 3 is 2.60 bits per heavy atom. The van der Waals surface area contributed by atoms with Crippen LogP contribution in [-0.2, 0) is 17.1 Å². The minimum Gasteiger partial charge on any atom is -0.495 e. The van der Waals surface area contributed by atoms with Gasteiger partial charge in [0, 0.05) is 37.3 Å². The third-order valence-corrected chi connectivity index (χ3v) is 6.82. The van der Waals surface area contributed by atoms with Crippen molar-refractivity contribution in [3.8, 4) is 5.75 Å². The van der Waals surface area contributed by atoms with E-state index in [1.54, 1.807) is 17.8 Å². The highest BCUT2D eigenvalue weighted by Gasteiger charge is 2.30. The maximum absolute atomic E-state index is 12.9. The molecule has 1 fully saturated rings. The van der Waals surface area contributed by atoms with Gasteiger partial charge in [0.2, 0.25) is 10.0 Å². The molecule has 1 saturated heterocycles. The van der Waals surface area contributed by atoms with Crippen LogP contribution in [0, 0.1) is 0 Å². The minimum absolute atomic E-state index is 0.00787. The molecule has 1 aliphatic rings. The fraction of sp³-hybridized carbons (Fsp3) is 0.375. The average Bonchev–Trinajstić information content (AvgIpc) is 3.27. The van der Waals surface area contributed by atoms with Crippen molar-refractivity contribution in [1.29, 1.82) is 0 Å². The summed E-state index contributed by atoms with van der Waals surface area (Å²) >= 11 is 1.33. The Hall–Kier alpha value is -1.97. The van der Waals surface area contributed by atoms with Gasteiger partial charge in [-0.1, -0.05) is 0 Å². The largest absolute Gasteiger partial charge is 0.495 e. The zero-order chi connectivity index (χ0) is 18.0. The van der Waals surface area contributed by atoms with Crippen molar-refractivity contribution in [3.05, 3.63) is 40.1 Å². The standard InChI is InChI=1S/C16H19N3O4S2/c1-18-9-10-24-16(18)17-15(20)12-5-6-13(23-2)14(11-12)25(21,22)19-7-3-4-8-19/h5-6,9-11H,3-4,7-8H2,1-2H3. The zero-order valence-electron chi connectivity index (χ0n) is 14.0. The SMILES string of the molecule is COc1ccc(C(=O)N=c2sccn2C)cc1S(=O)(=O)N1CCCC1. The van der Waals surface area contributed by atoms with Gasteiger partial charge in [0.05, 0.1) is 7.11 Å². The quantitative estimate of drug-likeness (QED) is 0.806. The number of hydrogen-bond acceptors (Lipinski definition) is 5.